The van der Waals surface area contributed by atoms with Crippen LogP contribution >= 0.6 is 0 Å². The van der Waals surface area contributed by atoms with Gasteiger partial charge in [0.15, 0.2) is 0 Å². The van der Waals surface area contributed by atoms with Crippen LogP contribution in [-0.2, 0) is 6.54 Å². The van der Waals surface area contributed by atoms with E-state index in [2.05, 4.69) is 24.4 Å². The molecule has 3 rings (SSSR count). The fourth-order valence-corrected chi connectivity index (χ4v) is 2.49. The third-order valence-electron chi connectivity index (χ3n) is 3.71. The van der Waals surface area contributed by atoms with Crippen LogP contribution in [0.2, 0.25) is 0 Å². The van der Waals surface area contributed by atoms with Crippen LogP contribution in [0.3, 0.4) is 0 Å². The predicted octanol–water partition coefficient (Wildman–Crippen LogP) is 3.35. The normalized spacial score (nSPS) is 12.4. The average Bonchev–Trinajstić information content (AvgIpc) is 2.52. The maximum Gasteiger partial charge on any atom is 0.336 e. The number of rotatable bonds is 4. The Balaban J connectivity index is 1.86. The molecule has 0 saturated heterocycles. The summed E-state index contributed by atoms with van der Waals surface area (Å²) in [6.45, 7) is 2.62. The van der Waals surface area contributed by atoms with E-state index in [4.69, 9.17) is 4.42 Å². The summed E-state index contributed by atoms with van der Waals surface area (Å²) in [6.07, 6.45) is 0. The lowest BCUT2D eigenvalue weighted by molar-refractivity contribution is 0.473. The summed E-state index contributed by atoms with van der Waals surface area (Å²) in [5.41, 5.74) is 2.03. The maximum atomic E-state index is 11.7. The van der Waals surface area contributed by atoms with Crippen molar-refractivity contribution < 1.29 is 9.52 Å². The van der Waals surface area contributed by atoms with Crippen LogP contribution in [0, 0.1) is 0 Å². The summed E-state index contributed by atoms with van der Waals surface area (Å²) in [7, 11) is 0. The maximum absolute atomic E-state index is 11.7. The Morgan fingerprint density at radius 1 is 1.14 bits per heavy atom. The first-order valence-electron chi connectivity index (χ1n) is 7.17. The van der Waals surface area contributed by atoms with E-state index in [1.165, 1.54) is 17.7 Å². The molecule has 1 atom stereocenters. The summed E-state index contributed by atoms with van der Waals surface area (Å²) >= 11 is 0. The molecular weight excluding hydrogens is 278 g/mol. The van der Waals surface area contributed by atoms with Crippen LogP contribution < -0.4 is 10.9 Å². The zero-order chi connectivity index (χ0) is 15.5. The van der Waals surface area contributed by atoms with Gasteiger partial charge in [-0.1, -0.05) is 30.3 Å². The minimum Gasteiger partial charge on any atom is -0.508 e. The van der Waals surface area contributed by atoms with E-state index in [-0.39, 0.29) is 11.8 Å². The number of fused-ring (bicyclic) bond motifs is 1. The zero-order valence-corrected chi connectivity index (χ0v) is 12.2. The summed E-state index contributed by atoms with van der Waals surface area (Å²) in [4.78, 5) is 11.7. The lowest BCUT2D eigenvalue weighted by atomic mass is 10.1. The smallest absolute Gasteiger partial charge is 0.336 e. The quantitative estimate of drug-likeness (QED) is 0.725. The SMILES string of the molecule is C[C@@H](NCc1cc(=O)oc2cc(O)ccc12)c1ccccc1. The van der Waals surface area contributed by atoms with Gasteiger partial charge in [-0.3, -0.25) is 0 Å². The van der Waals surface area contributed by atoms with Gasteiger partial charge in [-0.25, -0.2) is 4.79 Å². The molecule has 4 nitrogen and oxygen atoms in total. The molecule has 0 amide bonds. The van der Waals surface area contributed by atoms with Gasteiger partial charge >= 0.3 is 5.63 Å². The lowest BCUT2D eigenvalue weighted by Crippen LogP contribution is -2.19. The van der Waals surface area contributed by atoms with E-state index in [0.29, 0.717) is 12.1 Å². The van der Waals surface area contributed by atoms with Crippen LogP contribution in [0.1, 0.15) is 24.1 Å². The first kappa shape index (κ1) is 14.4. The topological polar surface area (TPSA) is 62.5 Å². The summed E-state index contributed by atoms with van der Waals surface area (Å²) in [6, 6.07) is 16.6. The highest BCUT2D eigenvalue weighted by atomic mass is 16.4. The number of phenols is 1. The lowest BCUT2D eigenvalue weighted by Gasteiger charge is -2.15. The molecule has 0 spiro atoms. The fraction of sp³-hybridized carbons (Fsp3) is 0.167. The molecule has 0 aliphatic heterocycles. The molecule has 2 aromatic carbocycles. The van der Waals surface area contributed by atoms with E-state index in [1.807, 2.05) is 18.2 Å². The second kappa shape index (κ2) is 6.03. The van der Waals surface area contributed by atoms with Crippen molar-refractivity contribution in [2.24, 2.45) is 0 Å². The zero-order valence-electron chi connectivity index (χ0n) is 12.2. The van der Waals surface area contributed by atoms with Crippen LogP contribution in [0.25, 0.3) is 11.0 Å². The average molecular weight is 295 g/mol. The highest BCUT2D eigenvalue weighted by Gasteiger charge is 2.09. The van der Waals surface area contributed by atoms with Crippen molar-refractivity contribution >= 4 is 11.0 Å². The van der Waals surface area contributed by atoms with Gasteiger partial charge in [0.05, 0.1) is 0 Å². The van der Waals surface area contributed by atoms with Crippen LogP contribution in [0.4, 0.5) is 0 Å². The molecule has 4 heteroatoms. The minimum atomic E-state index is -0.415. The molecule has 2 N–H and O–H groups in total. The molecule has 0 bridgehead atoms. The van der Waals surface area contributed by atoms with Gasteiger partial charge in [0.2, 0.25) is 0 Å². The van der Waals surface area contributed by atoms with Gasteiger partial charge in [0.25, 0.3) is 0 Å². The Labute approximate surface area is 128 Å². The van der Waals surface area contributed by atoms with Crippen LogP contribution in [-0.4, -0.2) is 5.11 Å². The Morgan fingerprint density at radius 3 is 2.68 bits per heavy atom. The Bertz CT molecular complexity index is 840. The van der Waals surface area contributed by atoms with Crippen molar-refractivity contribution in [3.05, 3.63) is 76.1 Å². The van der Waals surface area contributed by atoms with Gasteiger partial charge in [0.1, 0.15) is 11.3 Å². The van der Waals surface area contributed by atoms with E-state index >= 15 is 0 Å². The number of hydrogen-bond donors (Lipinski definition) is 2. The molecule has 22 heavy (non-hydrogen) atoms. The van der Waals surface area contributed by atoms with E-state index < -0.39 is 5.63 Å². The molecular formula is C18H17NO3. The Hall–Kier alpha value is -2.59. The number of benzene rings is 2. The predicted molar refractivity (Wildman–Crippen MR) is 85.8 cm³/mol. The molecule has 1 aromatic heterocycles. The van der Waals surface area contributed by atoms with Gasteiger partial charge in [0, 0.05) is 30.1 Å². The van der Waals surface area contributed by atoms with Gasteiger partial charge in [-0.15, -0.1) is 0 Å². The molecule has 3 aromatic rings. The summed E-state index contributed by atoms with van der Waals surface area (Å²) in [5, 5.41) is 13.7. The van der Waals surface area contributed by atoms with Gasteiger partial charge < -0.3 is 14.8 Å². The van der Waals surface area contributed by atoms with Crippen molar-refractivity contribution in [1.82, 2.24) is 5.32 Å². The largest absolute Gasteiger partial charge is 0.508 e. The minimum absolute atomic E-state index is 0.0819. The van der Waals surface area contributed by atoms with Crippen LogP contribution in [0.5, 0.6) is 5.75 Å². The van der Waals surface area contributed by atoms with Crippen molar-refractivity contribution in [2.45, 2.75) is 19.5 Å². The highest BCUT2D eigenvalue weighted by molar-refractivity contribution is 5.81. The third kappa shape index (κ3) is 3.02. The van der Waals surface area contributed by atoms with Crippen molar-refractivity contribution in [2.75, 3.05) is 0 Å². The second-order valence-electron chi connectivity index (χ2n) is 5.28. The first-order chi connectivity index (χ1) is 10.6. The number of nitrogens with one attached hydrogen (secondary N) is 1. The Kier molecular flexibility index (Phi) is 3.94. The molecule has 0 fully saturated rings. The summed E-state index contributed by atoms with van der Waals surface area (Å²) < 4.78 is 5.13. The molecule has 0 saturated carbocycles. The third-order valence-corrected chi connectivity index (χ3v) is 3.71. The molecule has 112 valence electrons. The molecule has 1 heterocycles. The van der Waals surface area contributed by atoms with E-state index in [9.17, 15) is 9.90 Å². The molecule has 0 aliphatic carbocycles. The Morgan fingerprint density at radius 2 is 1.91 bits per heavy atom. The van der Waals surface area contributed by atoms with Crippen LogP contribution in [0.15, 0.2) is 63.8 Å². The standard InChI is InChI=1S/C18H17NO3/c1-12(13-5-3-2-4-6-13)19-11-14-9-18(21)22-17-10-15(20)7-8-16(14)17/h2-10,12,19-20H,11H2,1H3/t12-/m1/s1. The highest BCUT2D eigenvalue weighted by Crippen LogP contribution is 2.22. The second-order valence-corrected chi connectivity index (χ2v) is 5.28. The fourth-order valence-electron chi connectivity index (χ4n) is 2.49. The summed E-state index contributed by atoms with van der Waals surface area (Å²) in [5.74, 6) is 0.0819. The van der Waals surface area contributed by atoms with Crippen molar-refractivity contribution in [1.29, 1.82) is 0 Å². The van der Waals surface area contributed by atoms with E-state index in [1.54, 1.807) is 12.1 Å². The van der Waals surface area contributed by atoms with E-state index in [0.717, 1.165) is 10.9 Å². The first-order valence-corrected chi connectivity index (χ1v) is 7.17. The number of phenolic OH excluding ortho intramolecular Hbond substituents is 1. The monoisotopic (exact) mass is 295 g/mol. The van der Waals surface area contributed by atoms with Crippen molar-refractivity contribution in [3.63, 3.8) is 0 Å². The van der Waals surface area contributed by atoms with Gasteiger partial charge in [-0.05, 0) is 30.2 Å². The molecule has 0 radical (unpaired) electrons. The van der Waals surface area contributed by atoms with Gasteiger partial charge in [-0.2, -0.15) is 0 Å². The number of hydrogen-bond acceptors (Lipinski definition) is 4. The number of aromatic hydroxyl groups is 1. The molecule has 0 unspecified atom stereocenters. The van der Waals surface area contributed by atoms with Crippen molar-refractivity contribution in [3.8, 4) is 5.75 Å². The molecule has 0 aliphatic rings.